The summed E-state index contributed by atoms with van der Waals surface area (Å²) in [5.74, 6) is -2.17. The molecule has 2 aromatic heterocycles. The number of thiazole rings is 1. The lowest BCUT2D eigenvalue weighted by Crippen LogP contribution is -2.44. The summed E-state index contributed by atoms with van der Waals surface area (Å²) in [6.45, 7) is 4.50. The van der Waals surface area contributed by atoms with Crippen LogP contribution in [0.15, 0.2) is 6.20 Å². The summed E-state index contributed by atoms with van der Waals surface area (Å²) in [7, 11) is 0. The summed E-state index contributed by atoms with van der Waals surface area (Å²) in [5.41, 5.74) is 9.89. The van der Waals surface area contributed by atoms with Gasteiger partial charge in [-0.2, -0.15) is 15.0 Å². The molecule has 14 nitrogen and oxygen atoms in total. The quantitative estimate of drug-likeness (QED) is 0.194. The van der Waals surface area contributed by atoms with Crippen molar-refractivity contribution < 1.29 is 19.1 Å². The van der Waals surface area contributed by atoms with Crippen molar-refractivity contribution in [3.05, 3.63) is 11.1 Å². The third-order valence-electron chi connectivity index (χ3n) is 3.74. The molecule has 0 radical (unpaired) electrons. The number of nitrogens with one attached hydrogen (secondary N) is 4. The van der Waals surface area contributed by atoms with Gasteiger partial charge < -0.3 is 20.7 Å². The molecule has 0 bridgehead atoms. The number of ether oxygens (including phenoxy) is 1. The number of anilines is 4. The van der Waals surface area contributed by atoms with Gasteiger partial charge in [0.05, 0.1) is 12.8 Å². The second-order valence-electron chi connectivity index (χ2n) is 5.84. The maximum absolute atomic E-state index is 11.7. The first-order valence-corrected chi connectivity index (χ1v) is 9.75. The molecule has 0 unspecified atom stereocenters. The van der Waals surface area contributed by atoms with E-state index in [1.807, 2.05) is 4.90 Å². The molecular formula is C15H20N10O4S. The zero-order valence-electron chi connectivity index (χ0n) is 16.0. The summed E-state index contributed by atoms with van der Waals surface area (Å²) in [6, 6.07) is 0. The highest BCUT2D eigenvalue weighted by Crippen LogP contribution is 2.22. The third-order valence-corrected chi connectivity index (χ3v) is 4.67. The summed E-state index contributed by atoms with van der Waals surface area (Å²) in [5, 5.41) is 6.46. The molecule has 1 aliphatic heterocycles. The van der Waals surface area contributed by atoms with Crippen LogP contribution in [-0.2, 0) is 14.3 Å². The molecule has 1 saturated heterocycles. The molecule has 30 heavy (non-hydrogen) atoms. The zero-order valence-corrected chi connectivity index (χ0v) is 16.8. The van der Waals surface area contributed by atoms with Crippen LogP contribution in [0.4, 0.5) is 23.0 Å². The Balaban J connectivity index is 1.79. The SMILES string of the molecule is CCOC(=O)C(=O)NNc1nc(Nc2ncc(C(N)=O)s2)nc(N2CCNCC2)n1. The van der Waals surface area contributed by atoms with E-state index in [0.29, 0.717) is 24.2 Å². The monoisotopic (exact) mass is 436 g/mol. The molecule has 2 amide bonds. The largest absolute Gasteiger partial charge is 0.459 e. The van der Waals surface area contributed by atoms with Crippen LogP contribution in [0.1, 0.15) is 16.6 Å². The Morgan fingerprint density at radius 2 is 1.97 bits per heavy atom. The van der Waals surface area contributed by atoms with Gasteiger partial charge in [-0.25, -0.2) is 9.78 Å². The van der Waals surface area contributed by atoms with Gasteiger partial charge in [0.25, 0.3) is 5.91 Å². The number of esters is 1. The fourth-order valence-electron chi connectivity index (χ4n) is 2.38. The molecular weight excluding hydrogens is 416 g/mol. The van der Waals surface area contributed by atoms with Crippen LogP contribution in [0.3, 0.4) is 0 Å². The number of hydrogen-bond donors (Lipinski definition) is 5. The van der Waals surface area contributed by atoms with E-state index in [0.717, 1.165) is 24.4 Å². The average molecular weight is 436 g/mol. The topological polar surface area (TPSA) is 189 Å². The Morgan fingerprint density at radius 3 is 2.63 bits per heavy atom. The molecule has 0 aliphatic carbocycles. The van der Waals surface area contributed by atoms with Crippen molar-refractivity contribution in [3.63, 3.8) is 0 Å². The lowest BCUT2D eigenvalue weighted by atomic mass is 10.4. The van der Waals surface area contributed by atoms with E-state index in [2.05, 4.69) is 46.2 Å². The highest BCUT2D eigenvalue weighted by molar-refractivity contribution is 7.17. The minimum Gasteiger partial charge on any atom is -0.459 e. The van der Waals surface area contributed by atoms with Gasteiger partial charge in [-0.1, -0.05) is 11.3 Å². The van der Waals surface area contributed by atoms with Crippen molar-refractivity contribution in [2.45, 2.75) is 6.92 Å². The van der Waals surface area contributed by atoms with Gasteiger partial charge in [0, 0.05) is 26.2 Å². The predicted octanol–water partition coefficient (Wildman–Crippen LogP) is -1.41. The van der Waals surface area contributed by atoms with Crippen LogP contribution >= 0.6 is 11.3 Å². The minimum atomic E-state index is -1.04. The van der Waals surface area contributed by atoms with E-state index in [4.69, 9.17) is 5.73 Å². The fraction of sp³-hybridized carbons (Fsp3) is 0.400. The molecule has 2 aromatic rings. The van der Waals surface area contributed by atoms with Gasteiger partial charge >= 0.3 is 11.9 Å². The Hall–Kier alpha value is -3.59. The van der Waals surface area contributed by atoms with Crippen LogP contribution in [0.5, 0.6) is 0 Å². The number of carbonyl (C=O) groups excluding carboxylic acids is 3. The number of primary amides is 1. The van der Waals surface area contributed by atoms with Gasteiger partial charge in [0.15, 0.2) is 5.13 Å². The van der Waals surface area contributed by atoms with E-state index in [-0.39, 0.29) is 23.4 Å². The van der Waals surface area contributed by atoms with Crippen LogP contribution in [0.25, 0.3) is 0 Å². The smallest absolute Gasteiger partial charge is 0.398 e. The lowest BCUT2D eigenvalue weighted by molar-refractivity contribution is -0.154. The van der Waals surface area contributed by atoms with Gasteiger partial charge in [0.2, 0.25) is 17.8 Å². The van der Waals surface area contributed by atoms with E-state index in [9.17, 15) is 14.4 Å². The Bertz CT molecular complexity index is 930. The van der Waals surface area contributed by atoms with Gasteiger partial charge in [-0.15, -0.1) is 0 Å². The molecule has 6 N–H and O–H groups in total. The van der Waals surface area contributed by atoms with Crippen molar-refractivity contribution in [2.24, 2.45) is 5.73 Å². The second-order valence-corrected chi connectivity index (χ2v) is 6.87. The highest BCUT2D eigenvalue weighted by atomic mass is 32.1. The second kappa shape index (κ2) is 9.75. The molecule has 1 aliphatic rings. The maximum atomic E-state index is 11.7. The standard InChI is InChI=1S/C15H20N10O4S/c1-2-29-11(28)10(27)23-24-13-19-12(22-15-18-7-8(30-15)9(16)26)20-14(21-13)25-5-3-17-4-6-25/h7,17H,2-6H2,1H3,(H2,16,26)(H,23,27)(H2,18,19,20,21,22,24). The zero-order chi connectivity index (χ0) is 21.5. The van der Waals surface area contributed by atoms with Crippen molar-refractivity contribution in [1.29, 1.82) is 0 Å². The molecule has 160 valence electrons. The number of hydrogen-bond acceptors (Lipinski definition) is 13. The highest BCUT2D eigenvalue weighted by Gasteiger charge is 2.19. The fourth-order valence-corrected chi connectivity index (χ4v) is 3.05. The van der Waals surface area contributed by atoms with Crippen LogP contribution < -0.4 is 32.1 Å². The minimum absolute atomic E-state index is 0.00892. The summed E-state index contributed by atoms with van der Waals surface area (Å²) in [4.78, 5) is 53.5. The Kier molecular flexibility index (Phi) is 6.87. The van der Waals surface area contributed by atoms with Gasteiger partial charge in [-0.3, -0.25) is 25.8 Å². The van der Waals surface area contributed by atoms with Crippen LogP contribution in [0.2, 0.25) is 0 Å². The predicted molar refractivity (Wildman–Crippen MR) is 107 cm³/mol. The van der Waals surface area contributed by atoms with Crippen LogP contribution in [0, 0.1) is 0 Å². The molecule has 0 atom stereocenters. The first-order chi connectivity index (χ1) is 14.5. The molecule has 0 spiro atoms. The number of rotatable bonds is 7. The van der Waals surface area contributed by atoms with Crippen molar-refractivity contribution in [1.82, 2.24) is 30.7 Å². The Morgan fingerprint density at radius 1 is 1.23 bits per heavy atom. The van der Waals surface area contributed by atoms with Crippen LogP contribution in [-0.4, -0.2) is 70.5 Å². The van der Waals surface area contributed by atoms with E-state index in [1.54, 1.807) is 6.92 Å². The Labute approximate surface area is 174 Å². The van der Waals surface area contributed by atoms with E-state index in [1.165, 1.54) is 6.20 Å². The number of piperazine rings is 1. The van der Waals surface area contributed by atoms with Gasteiger partial charge in [-0.05, 0) is 6.92 Å². The molecule has 15 heteroatoms. The number of nitrogens with zero attached hydrogens (tertiary/aromatic N) is 5. The van der Waals surface area contributed by atoms with E-state index >= 15 is 0 Å². The first kappa shape index (κ1) is 21.1. The summed E-state index contributed by atoms with van der Waals surface area (Å²) in [6.07, 6.45) is 1.34. The molecule has 0 aromatic carbocycles. The number of nitrogens with two attached hydrogens (primary N) is 1. The first-order valence-electron chi connectivity index (χ1n) is 8.93. The average Bonchev–Trinajstić information content (AvgIpc) is 3.21. The lowest BCUT2D eigenvalue weighted by Gasteiger charge is -2.27. The summed E-state index contributed by atoms with van der Waals surface area (Å²) < 4.78 is 4.62. The van der Waals surface area contributed by atoms with E-state index < -0.39 is 17.8 Å². The normalized spacial score (nSPS) is 13.4. The third kappa shape index (κ3) is 5.48. The number of amides is 2. The molecule has 0 saturated carbocycles. The summed E-state index contributed by atoms with van der Waals surface area (Å²) >= 11 is 1.04. The number of hydrazine groups is 1. The molecule has 3 heterocycles. The molecule has 3 rings (SSSR count). The van der Waals surface area contributed by atoms with Gasteiger partial charge in [0.1, 0.15) is 4.88 Å². The number of aromatic nitrogens is 4. The molecule has 1 fully saturated rings. The van der Waals surface area contributed by atoms with Crippen molar-refractivity contribution in [3.8, 4) is 0 Å². The number of carbonyl (C=O) groups is 3. The maximum Gasteiger partial charge on any atom is 0.398 e. The van der Waals surface area contributed by atoms with Crippen molar-refractivity contribution >= 4 is 52.1 Å². The van der Waals surface area contributed by atoms with Crippen molar-refractivity contribution in [2.75, 3.05) is 48.4 Å².